The zero-order valence-corrected chi connectivity index (χ0v) is 20.2. The highest BCUT2D eigenvalue weighted by molar-refractivity contribution is 6.00. The molecule has 2 aromatic rings. The van der Waals surface area contributed by atoms with Crippen LogP contribution in [0.4, 0.5) is 29.7 Å². The van der Waals surface area contributed by atoms with Crippen molar-refractivity contribution in [3.8, 4) is 0 Å². The lowest BCUT2D eigenvalue weighted by Crippen LogP contribution is -2.48. The van der Waals surface area contributed by atoms with Gasteiger partial charge < -0.3 is 25.4 Å². The molecule has 0 saturated carbocycles. The van der Waals surface area contributed by atoms with Crippen LogP contribution in [0.3, 0.4) is 0 Å². The van der Waals surface area contributed by atoms with E-state index in [-0.39, 0.29) is 24.9 Å². The van der Waals surface area contributed by atoms with Gasteiger partial charge in [0.2, 0.25) is 0 Å². The van der Waals surface area contributed by atoms with Crippen LogP contribution in [0.25, 0.3) is 0 Å². The molecule has 0 fully saturated rings. The Morgan fingerprint density at radius 2 is 1.69 bits per heavy atom. The first-order valence-electron chi connectivity index (χ1n) is 11.3. The molecule has 1 aliphatic rings. The van der Waals surface area contributed by atoms with E-state index in [4.69, 9.17) is 9.47 Å². The topological polar surface area (TPSA) is 109 Å². The van der Waals surface area contributed by atoms with Crippen molar-refractivity contribution in [2.24, 2.45) is 0 Å². The van der Waals surface area contributed by atoms with Gasteiger partial charge in [0.25, 0.3) is 0 Å². The van der Waals surface area contributed by atoms with Crippen LogP contribution in [0.1, 0.15) is 31.9 Å². The van der Waals surface area contributed by atoms with Gasteiger partial charge in [0.1, 0.15) is 6.61 Å². The molecule has 0 aliphatic carbocycles. The van der Waals surface area contributed by atoms with Crippen LogP contribution in [0.5, 0.6) is 0 Å². The lowest BCUT2D eigenvalue weighted by Gasteiger charge is -2.35. The maximum Gasteiger partial charge on any atom is 0.338 e. The molecule has 2 aromatic carbocycles. The highest BCUT2D eigenvalue weighted by atomic mass is 19.2. The number of nitrogens with one attached hydrogen (secondary N) is 3. The van der Waals surface area contributed by atoms with Gasteiger partial charge in [0, 0.05) is 36.8 Å². The summed E-state index contributed by atoms with van der Waals surface area (Å²) in [5.41, 5.74) is 1.89. The Hall–Kier alpha value is -3.99. The molecule has 3 rings (SSSR count). The van der Waals surface area contributed by atoms with E-state index in [0.717, 1.165) is 12.1 Å². The van der Waals surface area contributed by atoms with Gasteiger partial charge in [0.05, 0.1) is 18.2 Å². The molecule has 1 aliphatic heterocycles. The largest absolute Gasteiger partial charge is 0.460 e. The Labute approximate surface area is 207 Å². The third kappa shape index (κ3) is 6.36. The number of amides is 4. The summed E-state index contributed by atoms with van der Waals surface area (Å²) >= 11 is 0. The molecule has 11 heteroatoms. The molecule has 9 nitrogen and oxygen atoms in total. The summed E-state index contributed by atoms with van der Waals surface area (Å²) in [6.45, 7) is 4.37. The van der Waals surface area contributed by atoms with Gasteiger partial charge in [-0.25, -0.2) is 23.2 Å². The smallest absolute Gasteiger partial charge is 0.338 e. The fraction of sp³-hybridized carbons (Fsp3) is 0.320. The zero-order valence-electron chi connectivity index (χ0n) is 20.2. The number of nitrogens with zero attached hydrogens (tertiary/aromatic N) is 1. The quantitative estimate of drug-likeness (QED) is 0.344. The van der Waals surface area contributed by atoms with Crippen molar-refractivity contribution in [2.45, 2.75) is 26.3 Å². The van der Waals surface area contributed by atoms with Crippen LogP contribution >= 0.6 is 0 Å². The van der Waals surface area contributed by atoms with E-state index in [1.165, 1.54) is 18.1 Å². The Morgan fingerprint density at radius 3 is 2.33 bits per heavy atom. The van der Waals surface area contributed by atoms with E-state index in [1.807, 2.05) is 6.92 Å². The van der Waals surface area contributed by atoms with E-state index in [1.54, 1.807) is 31.2 Å². The van der Waals surface area contributed by atoms with E-state index in [0.29, 0.717) is 35.5 Å². The number of allylic oxidation sites excluding steroid dienone is 1. The lowest BCUT2D eigenvalue weighted by molar-refractivity contribution is -0.140. The maximum absolute atomic E-state index is 13.4. The minimum Gasteiger partial charge on any atom is -0.460 e. The maximum atomic E-state index is 13.4. The second kappa shape index (κ2) is 12.1. The number of methoxy groups -OCH3 is 1. The van der Waals surface area contributed by atoms with Crippen molar-refractivity contribution in [2.75, 3.05) is 37.5 Å². The fourth-order valence-corrected chi connectivity index (χ4v) is 3.71. The highest BCUT2D eigenvalue weighted by Gasteiger charge is 2.36. The molecule has 36 heavy (non-hydrogen) atoms. The van der Waals surface area contributed by atoms with Gasteiger partial charge in [-0.1, -0.05) is 19.1 Å². The van der Waals surface area contributed by atoms with Crippen molar-refractivity contribution in [1.82, 2.24) is 10.2 Å². The molecule has 1 heterocycles. The number of rotatable bonds is 9. The summed E-state index contributed by atoms with van der Waals surface area (Å²) in [7, 11) is 1.50. The zero-order chi connectivity index (χ0) is 26.2. The van der Waals surface area contributed by atoms with Gasteiger partial charge in [-0.05, 0) is 43.2 Å². The first-order valence-corrected chi connectivity index (χ1v) is 11.3. The summed E-state index contributed by atoms with van der Waals surface area (Å²) in [6, 6.07) is 7.76. The minimum atomic E-state index is -1.08. The Morgan fingerprint density at radius 1 is 1.03 bits per heavy atom. The van der Waals surface area contributed by atoms with Crippen LogP contribution in [-0.4, -0.2) is 49.8 Å². The Kier molecular flexibility index (Phi) is 8.96. The molecule has 0 spiro atoms. The predicted molar refractivity (Wildman–Crippen MR) is 129 cm³/mol. The molecule has 0 radical (unpaired) electrons. The molecular formula is C25H28F2N4O5. The standard InChI is InChI=1S/C25H28F2N4O5/c1-4-11-31-15(2)21(23(32)36-13-12-35-3)22(30-25(31)34)16-5-7-17(8-6-16)28-24(33)29-18-9-10-19(26)20(27)14-18/h5-10,14,22H,4,11-13H2,1-3H3,(H,30,34)(H2,28,29,33). The van der Waals surface area contributed by atoms with Crippen molar-refractivity contribution in [3.05, 3.63) is 70.9 Å². The molecule has 0 saturated heterocycles. The van der Waals surface area contributed by atoms with E-state index in [9.17, 15) is 23.2 Å². The number of halogens is 2. The van der Waals surface area contributed by atoms with Crippen LogP contribution < -0.4 is 16.0 Å². The van der Waals surface area contributed by atoms with Gasteiger partial charge in [-0.2, -0.15) is 0 Å². The van der Waals surface area contributed by atoms with E-state index >= 15 is 0 Å². The molecule has 1 atom stereocenters. The van der Waals surface area contributed by atoms with Crippen LogP contribution in [0.15, 0.2) is 53.7 Å². The van der Waals surface area contributed by atoms with Crippen LogP contribution in [0, 0.1) is 11.6 Å². The number of hydrogen-bond donors (Lipinski definition) is 3. The second-order valence-corrected chi connectivity index (χ2v) is 7.99. The predicted octanol–water partition coefficient (Wildman–Crippen LogP) is 4.55. The summed E-state index contributed by atoms with van der Waals surface area (Å²) in [5.74, 6) is -2.66. The molecule has 0 aromatic heterocycles. The summed E-state index contributed by atoms with van der Waals surface area (Å²) in [4.78, 5) is 39.4. The van der Waals surface area contributed by atoms with Crippen molar-refractivity contribution >= 4 is 29.4 Å². The first-order chi connectivity index (χ1) is 17.2. The third-order valence-corrected chi connectivity index (χ3v) is 5.46. The number of ether oxygens (including phenoxy) is 2. The number of hydrogen-bond acceptors (Lipinski definition) is 5. The van der Waals surface area contributed by atoms with Crippen molar-refractivity contribution in [1.29, 1.82) is 0 Å². The summed E-state index contributed by atoms with van der Waals surface area (Å²) in [6.07, 6.45) is 0.703. The van der Waals surface area contributed by atoms with Gasteiger partial charge in [-0.3, -0.25) is 4.90 Å². The minimum absolute atomic E-state index is 0.0660. The molecular weight excluding hydrogens is 474 g/mol. The molecule has 0 bridgehead atoms. The van der Waals surface area contributed by atoms with Crippen LogP contribution in [0.2, 0.25) is 0 Å². The number of benzene rings is 2. The SMILES string of the molecule is CCCN1C(=O)NC(c2ccc(NC(=O)Nc3ccc(F)c(F)c3)cc2)C(C(=O)OCCOC)=C1C. The number of anilines is 2. The fourth-order valence-electron chi connectivity index (χ4n) is 3.71. The van der Waals surface area contributed by atoms with Crippen LogP contribution in [-0.2, 0) is 14.3 Å². The average Bonchev–Trinajstić information content (AvgIpc) is 2.84. The van der Waals surface area contributed by atoms with Gasteiger partial charge in [-0.15, -0.1) is 0 Å². The van der Waals surface area contributed by atoms with Gasteiger partial charge >= 0.3 is 18.0 Å². The van der Waals surface area contributed by atoms with Crippen molar-refractivity contribution < 1.29 is 32.6 Å². The van der Waals surface area contributed by atoms with E-state index in [2.05, 4.69) is 16.0 Å². The molecule has 3 N–H and O–H groups in total. The Bertz CT molecular complexity index is 1150. The number of carbonyl (C=O) groups excluding carboxylic acids is 3. The van der Waals surface area contributed by atoms with Gasteiger partial charge in [0.15, 0.2) is 11.6 Å². The normalized spacial score (nSPS) is 15.4. The second-order valence-electron chi connectivity index (χ2n) is 7.99. The van der Waals surface area contributed by atoms with Crippen molar-refractivity contribution in [3.63, 3.8) is 0 Å². The summed E-state index contributed by atoms with van der Waals surface area (Å²) in [5, 5.41) is 7.85. The third-order valence-electron chi connectivity index (χ3n) is 5.46. The molecule has 4 amide bonds. The molecule has 1 unspecified atom stereocenters. The number of esters is 1. The monoisotopic (exact) mass is 502 g/mol. The highest BCUT2D eigenvalue weighted by Crippen LogP contribution is 2.32. The Balaban J connectivity index is 1.78. The number of urea groups is 2. The lowest BCUT2D eigenvalue weighted by atomic mass is 9.94. The molecule has 192 valence electrons. The average molecular weight is 503 g/mol. The number of carbonyl (C=O) groups is 3. The van der Waals surface area contributed by atoms with E-state index < -0.39 is 29.7 Å². The summed E-state index contributed by atoms with van der Waals surface area (Å²) < 4.78 is 36.7. The first kappa shape index (κ1) is 26.6.